The van der Waals surface area contributed by atoms with Crippen LogP contribution in [0.25, 0.3) is 0 Å². The van der Waals surface area contributed by atoms with Crippen molar-refractivity contribution in [3.63, 3.8) is 0 Å². The lowest BCUT2D eigenvalue weighted by molar-refractivity contribution is -0.385. The number of aromatic nitrogens is 4. The normalized spacial score (nSPS) is 18.6. The second-order valence-corrected chi connectivity index (χ2v) is 13.5. The van der Waals surface area contributed by atoms with E-state index in [0.717, 1.165) is 77.3 Å². The molecule has 22 heteroatoms. The largest absolute Gasteiger partial charge is 0.469 e. The van der Waals surface area contributed by atoms with Gasteiger partial charge in [0.15, 0.2) is 0 Å². The quantitative estimate of drug-likeness (QED) is 0.0563. The lowest BCUT2D eigenvalue weighted by atomic mass is 9.82. The molecule has 20 nitrogen and oxygen atoms in total. The highest BCUT2D eigenvalue weighted by atomic mass is 35.5. The summed E-state index contributed by atoms with van der Waals surface area (Å²) in [6.07, 6.45) is 9.53. The van der Waals surface area contributed by atoms with Gasteiger partial charge in [-0.05, 0) is 88.4 Å². The van der Waals surface area contributed by atoms with Crippen LogP contribution in [0.1, 0.15) is 51.4 Å². The van der Waals surface area contributed by atoms with E-state index < -0.39 is 9.85 Å². The van der Waals surface area contributed by atoms with E-state index in [2.05, 4.69) is 35.3 Å². The molecule has 2 aliphatic rings. The second-order valence-electron chi connectivity index (χ2n) is 12.8. The first-order valence-corrected chi connectivity index (χ1v) is 18.8. The molecule has 0 saturated heterocycles. The Kier molecular flexibility index (Phi) is 25.3. The van der Waals surface area contributed by atoms with Gasteiger partial charge in [0.2, 0.25) is 22.2 Å². The smallest absolute Gasteiger partial charge is 0.329 e. The van der Waals surface area contributed by atoms with Crippen LogP contribution in [0.15, 0.2) is 12.4 Å². The molecule has 0 aromatic carbocycles. The fourth-order valence-electron chi connectivity index (χ4n) is 5.61. The zero-order valence-electron chi connectivity index (χ0n) is 32.9. The van der Waals surface area contributed by atoms with Crippen LogP contribution < -0.4 is 21.3 Å². The highest BCUT2D eigenvalue weighted by Crippen LogP contribution is 2.31. The van der Waals surface area contributed by atoms with Gasteiger partial charge >= 0.3 is 23.3 Å². The van der Waals surface area contributed by atoms with Crippen molar-refractivity contribution in [1.82, 2.24) is 25.3 Å². The van der Waals surface area contributed by atoms with E-state index >= 15 is 0 Å². The number of hydrogen-bond acceptors (Lipinski definition) is 18. The lowest BCUT2D eigenvalue weighted by Gasteiger charge is -2.27. The number of carbonyl (C=O) groups is 2. The number of nitrogens with one attached hydrogen (secondary N) is 2. The molecular formula is C34H56Cl2N10O10. The minimum atomic E-state index is -0.682. The Morgan fingerprint density at radius 3 is 1.79 bits per heavy atom. The predicted octanol–water partition coefficient (Wildman–Crippen LogP) is 4.33. The molecule has 2 saturated carbocycles. The number of hydrogen-bond donors (Lipinski definition) is 3. The summed E-state index contributed by atoms with van der Waals surface area (Å²) >= 11 is 10.6. The third-order valence-electron chi connectivity index (χ3n) is 9.03. The number of rotatable bonds is 15. The number of halogens is 2. The fourth-order valence-corrected chi connectivity index (χ4v) is 5.99. The summed E-state index contributed by atoms with van der Waals surface area (Å²) in [5, 5.41) is 27.1. The Balaban J connectivity index is 0.000000443. The van der Waals surface area contributed by atoms with Crippen LogP contribution in [0.5, 0.6) is 0 Å². The van der Waals surface area contributed by atoms with E-state index in [1.807, 2.05) is 7.05 Å². The third-order valence-corrected chi connectivity index (χ3v) is 9.49. The van der Waals surface area contributed by atoms with E-state index in [1.165, 1.54) is 20.4 Å². The summed E-state index contributed by atoms with van der Waals surface area (Å²) in [6, 6.07) is 0. The molecule has 0 amide bonds. The highest BCUT2D eigenvalue weighted by molar-refractivity contribution is 6.33. The molecule has 0 atom stereocenters. The first-order valence-electron chi connectivity index (χ1n) is 18.0. The number of anilines is 2. The summed E-state index contributed by atoms with van der Waals surface area (Å²) in [5.41, 5.74) is 5.04. The first kappa shape index (κ1) is 49.9. The number of esters is 2. The topological polar surface area (TPSA) is 262 Å². The monoisotopic (exact) mass is 834 g/mol. The van der Waals surface area contributed by atoms with Crippen molar-refractivity contribution in [2.75, 3.05) is 92.1 Å². The van der Waals surface area contributed by atoms with Gasteiger partial charge in [0.1, 0.15) is 12.4 Å². The lowest BCUT2D eigenvalue weighted by Crippen LogP contribution is -2.27. The van der Waals surface area contributed by atoms with Crippen LogP contribution >= 0.6 is 23.2 Å². The van der Waals surface area contributed by atoms with Crippen LogP contribution in [0.4, 0.5) is 23.1 Å². The summed E-state index contributed by atoms with van der Waals surface area (Å²) in [5.74, 6) is 1.46. The number of likely N-dealkylation sites (N-methyl/N-ethyl adjacent to an activating group) is 2. The number of nitro groups is 2. The molecule has 2 heterocycles. The van der Waals surface area contributed by atoms with Gasteiger partial charge in [0, 0.05) is 40.9 Å². The average molecular weight is 836 g/mol. The molecule has 2 fully saturated rings. The van der Waals surface area contributed by atoms with E-state index in [-0.39, 0.29) is 51.4 Å². The molecule has 0 radical (unpaired) electrons. The Hall–Kier alpha value is -4.08. The number of methoxy groups -OCH3 is 4. The van der Waals surface area contributed by atoms with Crippen molar-refractivity contribution >= 4 is 58.3 Å². The van der Waals surface area contributed by atoms with Crippen LogP contribution in [0, 0.1) is 43.9 Å². The van der Waals surface area contributed by atoms with Gasteiger partial charge in [-0.1, -0.05) is 11.6 Å². The Labute approximate surface area is 337 Å². The highest BCUT2D eigenvalue weighted by Gasteiger charge is 2.28. The number of ether oxygens (including phenoxy) is 4. The minimum absolute atomic E-state index is 0.0410. The molecule has 56 heavy (non-hydrogen) atoms. The van der Waals surface area contributed by atoms with Crippen molar-refractivity contribution in [3.05, 3.63) is 43.1 Å². The Morgan fingerprint density at radius 1 is 0.839 bits per heavy atom. The number of carbonyl (C=O) groups excluding carboxylic acids is 2. The summed E-state index contributed by atoms with van der Waals surface area (Å²) in [7, 11) is 9.86. The molecule has 0 aliphatic heterocycles. The van der Waals surface area contributed by atoms with Crippen LogP contribution in [0.2, 0.25) is 10.4 Å². The molecular weight excluding hydrogens is 779 g/mol. The van der Waals surface area contributed by atoms with Gasteiger partial charge < -0.3 is 40.2 Å². The molecule has 0 spiro atoms. The van der Waals surface area contributed by atoms with Crippen molar-refractivity contribution < 1.29 is 38.4 Å². The van der Waals surface area contributed by atoms with Crippen LogP contribution in [0.3, 0.4) is 0 Å². The number of nitrogens with two attached hydrogens (primary N) is 1. The fraction of sp³-hybridized carbons (Fsp3) is 0.706. The zero-order chi connectivity index (χ0) is 42.0. The Morgan fingerprint density at radius 2 is 1.36 bits per heavy atom. The van der Waals surface area contributed by atoms with E-state index in [9.17, 15) is 29.8 Å². The summed E-state index contributed by atoms with van der Waals surface area (Å²) < 4.78 is 19.2. The predicted molar refractivity (Wildman–Crippen MR) is 211 cm³/mol. The SMILES string of the molecule is CNCCOC.COC(=O)C1CCC(CN)CC1.COCCN(C)c1ncc([N+](=O)[O-])c(NCC2CCC(C(=O)OC)CC2)n1.O=[N+]([O-])c1cnc(Cl)nc1Cl. The van der Waals surface area contributed by atoms with E-state index in [1.54, 1.807) is 26.2 Å². The van der Waals surface area contributed by atoms with Gasteiger partial charge in [-0.2, -0.15) is 9.97 Å². The number of nitrogens with zero attached hydrogens (tertiary/aromatic N) is 7. The van der Waals surface area contributed by atoms with Gasteiger partial charge in [-0.25, -0.2) is 9.97 Å². The summed E-state index contributed by atoms with van der Waals surface area (Å²) in [6.45, 7) is 4.14. The standard InChI is InChI=1S/C17H27N5O5.C9H17NO2.C4HCl2N3O2.C4H11NO/c1-21(8-9-26-2)17-19-11-14(22(24)25)15(20-17)18-10-12-4-6-13(7-5-12)16(23)27-3;1-12-9(11)8-4-2-7(6-10)3-5-8;5-3-2(9(10)11)1-7-4(6)8-3;1-5-3-4-6-2/h11-13H,4-10H2,1-3H3,(H,18,19,20);7-8H,2-6,10H2,1H3;1H;5H,3-4H2,1-2H3. The second kappa shape index (κ2) is 28.3. The van der Waals surface area contributed by atoms with Gasteiger partial charge in [-0.3, -0.25) is 29.8 Å². The first-order chi connectivity index (χ1) is 26.8. The molecule has 2 aromatic heterocycles. The molecule has 4 N–H and O–H groups in total. The van der Waals surface area contributed by atoms with Gasteiger partial charge in [0.25, 0.3) is 0 Å². The average Bonchev–Trinajstić information content (AvgIpc) is 3.21. The molecule has 2 aromatic rings. The van der Waals surface area contributed by atoms with Gasteiger partial charge in [-0.15, -0.1) is 0 Å². The van der Waals surface area contributed by atoms with Gasteiger partial charge in [0.05, 0.1) is 49.1 Å². The van der Waals surface area contributed by atoms with Crippen molar-refractivity contribution in [2.45, 2.75) is 51.4 Å². The molecule has 0 unspecified atom stereocenters. The molecule has 316 valence electrons. The zero-order valence-corrected chi connectivity index (χ0v) is 34.4. The van der Waals surface area contributed by atoms with Crippen LogP contribution in [-0.2, 0) is 28.5 Å². The Bertz CT molecular complexity index is 1480. The molecule has 0 bridgehead atoms. The molecule has 4 rings (SSSR count). The summed E-state index contributed by atoms with van der Waals surface area (Å²) in [4.78, 5) is 59.9. The maximum atomic E-state index is 11.6. The van der Waals surface area contributed by atoms with Crippen molar-refractivity contribution in [2.24, 2.45) is 29.4 Å². The van der Waals surface area contributed by atoms with Crippen molar-refractivity contribution in [3.8, 4) is 0 Å². The maximum Gasteiger partial charge on any atom is 0.329 e. The van der Waals surface area contributed by atoms with E-state index in [0.29, 0.717) is 37.5 Å². The maximum absolute atomic E-state index is 11.6. The van der Waals surface area contributed by atoms with E-state index in [4.69, 9.17) is 43.1 Å². The molecule has 2 aliphatic carbocycles. The van der Waals surface area contributed by atoms with Crippen molar-refractivity contribution in [1.29, 1.82) is 0 Å². The minimum Gasteiger partial charge on any atom is -0.469 e. The van der Waals surface area contributed by atoms with Crippen LogP contribution in [-0.4, -0.2) is 124 Å². The third kappa shape index (κ3) is 18.7.